The highest BCUT2D eigenvalue weighted by Gasteiger charge is 2.25. The molecule has 1 aromatic heterocycles. The summed E-state index contributed by atoms with van der Waals surface area (Å²) in [5.41, 5.74) is 1.47. The van der Waals surface area contributed by atoms with Gasteiger partial charge in [-0.25, -0.2) is 4.98 Å². The van der Waals surface area contributed by atoms with Crippen molar-refractivity contribution >= 4 is 5.69 Å². The number of rotatable bonds is 4. The number of nitro groups is 1. The molecule has 5 heteroatoms. The smallest absolute Gasteiger partial charge is 0.258 e. The van der Waals surface area contributed by atoms with Crippen LogP contribution in [0.25, 0.3) is 0 Å². The van der Waals surface area contributed by atoms with E-state index in [0.29, 0.717) is 30.5 Å². The van der Waals surface area contributed by atoms with Crippen molar-refractivity contribution < 1.29 is 9.31 Å². The molecule has 1 heterocycles. The van der Waals surface area contributed by atoms with Crippen LogP contribution in [0.2, 0.25) is 0 Å². The van der Waals surface area contributed by atoms with Crippen LogP contribution in [0.4, 0.5) is 10.1 Å². The predicted octanol–water partition coefficient (Wildman–Crippen LogP) is 2.82. The van der Waals surface area contributed by atoms with Crippen LogP contribution in [-0.2, 0) is 19.3 Å². The van der Waals surface area contributed by atoms with Gasteiger partial charge in [0.05, 0.1) is 4.92 Å². The molecule has 0 radical (unpaired) electrons. The maximum atomic E-state index is 13.5. The number of hydrogen-bond donors (Lipinski definition) is 0. The maximum Gasteiger partial charge on any atom is 0.327 e. The molecule has 1 rings (SSSR count). The largest absolute Gasteiger partial charge is 0.327 e. The second kappa shape index (κ2) is 5.01. The van der Waals surface area contributed by atoms with E-state index in [1.165, 1.54) is 0 Å². The fourth-order valence-corrected chi connectivity index (χ4v) is 1.96. The van der Waals surface area contributed by atoms with Gasteiger partial charge in [0.1, 0.15) is 0 Å². The van der Waals surface area contributed by atoms with Crippen LogP contribution < -0.4 is 0 Å². The zero-order chi connectivity index (χ0) is 12.3. The molecule has 0 spiro atoms. The minimum atomic E-state index is -0.962. The van der Waals surface area contributed by atoms with Gasteiger partial charge in [-0.1, -0.05) is 20.8 Å². The van der Waals surface area contributed by atoms with Crippen LogP contribution >= 0.6 is 0 Å². The molecule has 0 N–H and O–H groups in total. The van der Waals surface area contributed by atoms with E-state index in [1.54, 1.807) is 6.92 Å². The average Bonchev–Trinajstić information content (AvgIpc) is 2.26. The van der Waals surface area contributed by atoms with Gasteiger partial charge in [0, 0.05) is 11.3 Å². The summed E-state index contributed by atoms with van der Waals surface area (Å²) in [7, 11) is 0. The molecule has 0 aromatic carbocycles. The minimum Gasteiger partial charge on any atom is -0.258 e. The van der Waals surface area contributed by atoms with Gasteiger partial charge in [0.2, 0.25) is 0 Å². The first-order valence-corrected chi connectivity index (χ1v) is 5.41. The van der Waals surface area contributed by atoms with Gasteiger partial charge in [-0.2, -0.15) is 4.39 Å². The fourth-order valence-electron chi connectivity index (χ4n) is 1.96. The molecular formula is C11H15FN2O2. The highest BCUT2D eigenvalue weighted by Crippen LogP contribution is 2.28. The van der Waals surface area contributed by atoms with E-state index >= 15 is 0 Å². The Labute approximate surface area is 93.7 Å². The van der Waals surface area contributed by atoms with Crippen molar-refractivity contribution in [2.24, 2.45) is 0 Å². The first-order valence-electron chi connectivity index (χ1n) is 5.41. The van der Waals surface area contributed by atoms with Crippen LogP contribution in [0.5, 0.6) is 0 Å². The molecule has 1 aromatic rings. The zero-order valence-corrected chi connectivity index (χ0v) is 9.71. The van der Waals surface area contributed by atoms with Crippen LogP contribution in [0.3, 0.4) is 0 Å². The number of aromatic nitrogens is 1. The summed E-state index contributed by atoms with van der Waals surface area (Å²) in [4.78, 5) is 13.8. The normalized spacial score (nSPS) is 10.5. The lowest BCUT2D eigenvalue weighted by atomic mass is 9.99. The van der Waals surface area contributed by atoms with Crippen molar-refractivity contribution in [1.82, 2.24) is 4.98 Å². The van der Waals surface area contributed by atoms with Gasteiger partial charge in [0.15, 0.2) is 0 Å². The average molecular weight is 226 g/mol. The third-order valence-electron chi connectivity index (χ3n) is 2.65. The molecule has 0 fully saturated rings. The van der Waals surface area contributed by atoms with Crippen molar-refractivity contribution in [2.75, 3.05) is 0 Å². The van der Waals surface area contributed by atoms with Crippen molar-refractivity contribution in [1.29, 1.82) is 0 Å². The lowest BCUT2D eigenvalue weighted by Gasteiger charge is -2.11. The van der Waals surface area contributed by atoms with E-state index in [9.17, 15) is 14.5 Å². The molecule has 0 bridgehead atoms. The van der Waals surface area contributed by atoms with E-state index in [0.717, 1.165) is 5.56 Å². The number of nitrogens with zero attached hydrogens (tertiary/aromatic N) is 2. The second-order valence-corrected chi connectivity index (χ2v) is 3.47. The van der Waals surface area contributed by atoms with Gasteiger partial charge in [0.25, 0.3) is 5.95 Å². The summed E-state index contributed by atoms with van der Waals surface area (Å²) in [6, 6.07) is 0. The first kappa shape index (κ1) is 12.5. The Morgan fingerprint density at radius 1 is 1.19 bits per heavy atom. The predicted molar refractivity (Wildman–Crippen MR) is 59.0 cm³/mol. The molecule has 0 aliphatic carbocycles. The van der Waals surface area contributed by atoms with E-state index in [-0.39, 0.29) is 0 Å². The van der Waals surface area contributed by atoms with E-state index in [4.69, 9.17) is 0 Å². The molecule has 0 aliphatic rings. The molecule has 0 aliphatic heterocycles. The molecule has 0 unspecified atom stereocenters. The van der Waals surface area contributed by atoms with Crippen LogP contribution in [-0.4, -0.2) is 9.91 Å². The molecule has 4 nitrogen and oxygen atoms in total. The minimum absolute atomic E-state index is 0.450. The Morgan fingerprint density at radius 3 is 2.12 bits per heavy atom. The van der Waals surface area contributed by atoms with Gasteiger partial charge in [-0.05, 0) is 24.8 Å². The summed E-state index contributed by atoms with van der Waals surface area (Å²) in [6.07, 6.45) is 1.68. The van der Waals surface area contributed by atoms with Gasteiger partial charge in [-0.3, -0.25) is 10.1 Å². The Bertz CT molecular complexity index is 419. The monoisotopic (exact) mass is 226 g/mol. The van der Waals surface area contributed by atoms with Gasteiger partial charge < -0.3 is 0 Å². The molecule has 0 atom stereocenters. The SMILES string of the molecule is CCc1nc(F)c([N+](=O)[O-])c(CC)c1CC. The van der Waals surface area contributed by atoms with Gasteiger partial charge in [-0.15, -0.1) is 0 Å². The highest BCUT2D eigenvalue weighted by atomic mass is 19.1. The Balaban J connectivity index is 3.57. The van der Waals surface area contributed by atoms with Crippen molar-refractivity contribution in [2.45, 2.75) is 40.0 Å². The van der Waals surface area contributed by atoms with Crippen molar-refractivity contribution in [3.05, 3.63) is 32.9 Å². The van der Waals surface area contributed by atoms with Crippen molar-refractivity contribution in [3.63, 3.8) is 0 Å². The van der Waals surface area contributed by atoms with Crippen LogP contribution in [0.1, 0.15) is 37.6 Å². The third-order valence-corrected chi connectivity index (χ3v) is 2.65. The van der Waals surface area contributed by atoms with E-state index in [1.807, 2.05) is 13.8 Å². The second-order valence-electron chi connectivity index (χ2n) is 3.47. The number of aryl methyl sites for hydroxylation is 1. The molecule has 0 amide bonds. The summed E-state index contributed by atoms with van der Waals surface area (Å²) in [6.45, 7) is 5.56. The lowest BCUT2D eigenvalue weighted by molar-refractivity contribution is -0.388. The molecule has 0 saturated carbocycles. The van der Waals surface area contributed by atoms with E-state index in [2.05, 4.69) is 4.98 Å². The summed E-state index contributed by atoms with van der Waals surface area (Å²) in [5.74, 6) is -0.962. The Morgan fingerprint density at radius 2 is 1.75 bits per heavy atom. The summed E-state index contributed by atoms with van der Waals surface area (Å²) >= 11 is 0. The number of hydrogen-bond acceptors (Lipinski definition) is 3. The molecular weight excluding hydrogens is 211 g/mol. The zero-order valence-electron chi connectivity index (χ0n) is 9.71. The highest BCUT2D eigenvalue weighted by molar-refractivity contribution is 5.46. The molecule has 16 heavy (non-hydrogen) atoms. The molecule has 88 valence electrons. The lowest BCUT2D eigenvalue weighted by Crippen LogP contribution is -2.09. The quantitative estimate of drug-likeness (QED) is 0.450. The Kier molecular flexibility index (Phi) is 3.93. The molecule has 0 saturated heterocycles. The van der Waals surface area contributed by atoms with Crippen LogP contribution in [0.15, 0.2) is 0 Å². The standard InChI is InChI=1S/C11H15FN2O2/c1-4-7-8(5-2)10(14(15)16)11(12)13-9(7)6-3/h4-6H2,1-3H3. The first-order chi connectivity index (χ1) is 7.56. The fraction of sp³-hybridized carbons (Fsp3) is 0.545. The summed E-state index contributed by atoms with van der Waals surface area (Å²) < 4.78 is 13.5. The third kappa shape index (κ3) is 2.03. The Hall–Kier alpha value is -1.52. The maximum absolute atomic E-state index is 13.5. The van der Waals surface area contributed by atoms with Crippen molar-refractivity contribution in [3.8, 4) is 0 Å². The van der Waals surface area contributed by atoms with E-state index < -0.39 is 16.6 Å². The topological polar surface area (TPSA) is 56.0 Å². The summed E-state index contributed by atoms with van der Waals surface area (Å²) in [5, 5.41) is 10.8. The van der Waals surface area contributed by atoms with Gasteiger partial charge >= 0.3 is 5.69 Å². The number of halogens is 1. The van der Waals surface area contributed by atoms with Crippen LogP contribution in [0, 0.1) is 16.1 Å². The number of pyridine rings is 1.